The molecule has 0 aliphatic heterocycles. The lowest BCUT2D eigenvalue weighted by molar-refractivity contribution is -0.120. The summed E-state index contributed by atoms with van der Waals surface area (Å²) in [6, 6.07) is 10.2. The zero-order chi connectivity index (χ0) is 16.7. The molecule has 1 heterocycles. The number of hydrogen-bond donors (Lipinski definition) is 2. The van der Waals surface area contributed by atoms with Crippen LogP contribution in [-0.2, 0) is 4.79 Å². The second-order valence-electron chi connectivity index (χ2n) is 4.66. The Labute approximate surface area is 133 Å². The van der Waals surface area contributed by atoms with Crippen molar-refractivity contribution >= 4 is 18.0 Å². The molecule has 0 fully saturated rings. The van der Waals surface area contributed by atoms with Crippen molar-refractivity contribution in [1.82, 2.24) is 10.7 Å². The van der Waals surface area contributed by atoms with Gasteiger partial charge in [0.15, 0.2) is 0 Å². The number of ether oxygens (including phenoxy) is 1. The summed E-state index contributed by atoms with van der Waals surface area (Å²) in [5, 5.41) is 6.24. The van der Waals surface area contributed by atoms with Crippen molar-refractivity contribution in [3.63, 3.8) is 0 Å². The van der Waals surface area contributed by atoms with Gasteiger partial charge < -0.3 is 14.5 Å². The third kappa shape index (κ3) is 4.99. The van der Waals surface area contributed by atoms with Crippen LogP contribution in [0.2, 0.25) is 0 Å². The van der Waals surface area contributed by atoms with E-state index in [0.29, 0.717) is 17.1 Å². The number of nitrogens with zero attached hydrogens (tertiary/aromatic N) is 1. The summed E-state index contributed by atoms with van der Waals surface area (Å²) >= 11 is 0. The topological polar surface area (TPSA) is 92.9 Å². The average molecular weight is 315 g/mol. The second-order valence-corrected chi connectivity index (χ2v) is 4.66. The van der Waals surface area contributed by atoms with Gasteiger partial charge in [0.25, 0.3) is 11.8 Å². The highest BCUT2D eigenvalue weighted by atomic mass is 16.5. The van der Waals surface area contributed by atoms with Crippen LogP contribution in [0.15, 0.2) is 45.9 Å². The molecule has 2 rings (SSSR count). The molecule has 7 nitrogen and oxygen atoms in total. The molecule has 1 aromatic heterocycles. The van der Waals surface area contributed by atoms with Gasteiger partial charge in [0, 0.05) is 5.56 Å². The van der Waals surface area contributed by atoms with Gasteiger partial charge in [-0.25, -0.2) is 5.43 Å². The fraction of sp³-hybridized carbons (Fsp3) is 0.188. The maximum atomic E-state index is 11.9. The molecule has 0 bridgehead atoms. The van der Waals surface area contributed by atoms with E-state index >= 15 is 0 Å². The number of hydrogen-bond acceptors (Lipinski definition) is 5. The van der Waals surface area contributed by atoms with Crippen LogP contribution in [0.3, 0.4) is 0 Å². The van der Waals surface area contributed by atoms with Gasteiger partial charge in [0.2, 0.25) is 0 Å². The van der Waals surface area contributed by atoms with Crippen molar-refractivity contribution in [2.24, 2.45) is 5.10 Å². The lowest BCUT2D eigenvalue weighted by atomic mass is 10.2. The molecule has 0 atom stereocenters. The number of furan rings is 1. The standard InChI is InChI=1S/C16H17N3O4/c1-11-6-7-14(23-11)9-18-19-15(20)10-17-16(21)12-4-3-5-13(8-12)22-2/h3-9H,10H2,1-2H3,(H,17,21)(H,19,20)/b18-9-. The summed E-state index contributed by atoms with van der Waals surface area (Å²) < 4.78 is 10.3. The van der Waals surface area contributed by atoms with Crippen LogP contribution in [0.5, 0.6) is 5.75 Å². The second kappa shape index (κ2) is 7.79. The molecule has 23 heavy (non-hydrogen) atoms. The van der Waals surface area contributed by atoms with Crippen molar-refractivity contribution < 1.29 is 18.7 Å². The number of nitrogens with one attached hydrogen (secondary N) is 2. The fourth-order valence-corrected chi connectivity index (χ4v) is 1.76. The first kappa shape index (κ1) is 16.3. The van der Waals surface area contributed by atoms with Gasteiger partial charge in [-0.05, 0) is 37.3 Å². The number of aryl methyl sites for hydroxylation is 1. The monoisotopic (exact) mass is 315 g/mol. The van der Waals surface area contributed by atoms with Gasteiger partial charge in [-0.1, -0.05) is 6.07 Å². The molecule has 1 aromatic carbocycles. The molecule has 0 unspecified atom stereocenters. The van der Waals surface area contributed by atoms with Crippen molar-refractivity contribution in [3.05, 3.63) is 53.5 Å². The maximum absolute atomic E-state index is 11.9. The van der Waals surface area contributed by atoms with E-state index in [0.717, 1.165) is 5.76 Å². The van der Waals surface area contributed by atoms with Crippen molar-refractivity contribution in [3.8, 4) is 5.75 Å². The Balaban J connectivity index is 1.79. The summed E-state index contributed by atoms with van der Waals surface area (Å²) in [6.07, 6.45) is 1.38. The summed E-state index contributed by atoms with van der Waals surface area (Å²) in [4.78, 5) is 23.5. The third-order valence-electron chi connectivity index (χ3n) is 2.88. The van der Waals surface area contributed by atoms with Crippen LogP contribution in [0.1, 0.15) is 21.9 Å². The largest absolute Gasteiger partial charge is 0.497 e. The van der Waals surface area contributed by atoms with E-state index in [9.17, 15) is 9.59 Å². The van der Waals surface area contributed by atoms with E-state index in [-0.39, 0.29) is 12.5 Å². The highest BCUT2D eigenvalue weighted by Crippen LogP contribution is 2.12. The molecule has 120 valence electrons. The Kier molecular flexibility index (Phi) is 5.51. The Morgan fingerprint density at radius 2 is 2.13 bits per heavy atom. The molecule has 0 saturated carbocycles. The highest BCUT2D eigenvalue weighted by Gasteiger charge is 2.08. The van der Waals surface area contributed by atoms with Gasteiger partial charge >= 0.3 is 0 Å². The lowest BCUT2D eigenvalue weighted by Gasteiger charge is -2.05. The molecule has 0 aliphatic rings. The normalized spacial score (nSPS) is 10.5. The highest BCUT2D eigenvalue weighted by molar-refractivity contribution is 5.96. The van der Waals surface area contributed by atoms with Crippen LogP contribution >= 0.6 is 0 Å². The number of amides is 2. The number of methoxy groups -OCH3 is 1. The first-order chi connectivity index (χ1) is 11.1. The molecule has 0 spiro atoms. The number of rotatable bonds is 6. The van der Waals surface area contributed by atoms with Crippen LogP contribution in [0.25, 0.3) is 0 Å². The van der Waals surface area contributed by atoms with Crippen LogP contribution in [0, 0.1) is 6.92 Å². The molecule has 7 heteroatoms. The number of hydrazone groups is 1. The Morgan fingerprint density at radius 3 is 2.83 bits per heavy atom. The zero-order valence-corrected chi connectivity index (χ0v) is 12.8. The van der Waals surface area contributed by atoms with Crippen LogP contribution in [0.4, 0.5) is 0 Å². The Hall–Kier alpha value is -3.09. The Morgan fingerprint density at radius 1 is 1.30 bits per heavy atom. The SMILES string of the molecule is COc1cccc(C(=O)NCC(=O)N/N=C\c2ccc(C)o2)c1. The summed E-state index contributed by atoms with van der Waals surface area (Å²) in [5.41, 5.74) is 2.71. The molecular formula is C16H17N3O4. The van der Waals surface area contributed by atoms with E-state index in [1.165, 1.54) is 13.3 Å². The third-order valence-corrected chi connectivity index (χ3v) is 2.88. The molecule has 0 aliphatic carbocycles. The zero-order valence-electron chi connectivity index (χ0n) is 12.8. The summed E-state index contributed by atoms with van der Waals surface area (Å²) in [5.74, 6) is 1.04. The van der Waals surface area contributed by atoms with E-state index in [1.54, 1.807) is 36.4 Å². The van der Waals surface area contributed by atoms with Gasteiger partial charge in [0.1, 0.15) is 17.3 Å². The predicted molar refractivity (Wildman–Crippen MR) is 84.5 cm³/mol. The number of benzene rings is 1. The van der Waals surface area contributed by atoms with Gasteiger partial charge in [-0.3, -0.25) is 9.59 Å². The van der Waals surface area contributed by atoms with E-state index in [2.05, 4.69) is 15.8 Å². The quantitative estimate of drug-likeness (QED) is 0.624. The summed E-state index contributed by atoms with van der Waals surface area (Å²) in [6.45, 7) is 1.62. The minimum Gasteiger partial charge on any atom is -0.497 e. The number of carbonyl (C=O) groups is 2. The first-order valence-corrected chi connectivity index (χ1v) is 6.89. The first-order valence-electron chi connectivity index (χ1n) is 6.89. The average Bonchev–Trinajstić information content (AvgIpc) is 2.98. The van der Waals surface area contributed by atoms with Crippen molar-refractivity contribution in [2.75, 3.05) is 13.7 Å². The molecule has 0 saturated heterocycles. The molecule has 2 N–H and O–H groups in total. The summed E-state index contributed by atoms with van der Waals surface area (Å²) in [7, 11) is 1.52. The predicted octanol–water partition coefficient (Wildman–Crippen LogP) is 1.48. The van der Waals surface area contributed by atoms with Gasteiger partial charge in [-0.2, -0.15) is 5.10 Å². The smallest absolute Gasteiger partial charge is 0.259 e. The molecular weight excluding hydrogens is 298 g/mol. The number of carbonyl (C=O) groups excluding carboxylic acids is 2. The van der Waals surface area contributed by atoms with E-state index in [1.807, 2.05) is 6.92 Å². The minimum absolute atomic E-state index is 0.190. The Bertz CT molecular complexity index is 722. The molecule has 0 radical (unpaired) electrons. The van der Waals surface area contributed by atoms with Crippen molar-refractivity contribution in [2.45, 2.75) is 6.92 Å². The maximum Gasteiger partial charge on any atom is 0.259 e. The van der Waals surface area contributed by atoms with Crippen molar-refractivity contribution in [1.29, 1.82) is 0 Å². The van der Waals surface area contributed by atoms with Gasteiger partial charge in [0.05, 0.1) is 19.9 Å². The van der Waals surface area contributed by atoms with E-state index in [4.69, 9.17) is 9.15 Å². The molecule has 2 amide bonds. The minimum atomic E-state index is -0.444. The van der Waals surface area contributed by atoms with Crippen LogP contribution < -0.4 is 15.5 Å². The van der Waals surface area contributed by atoms with Crippen LogP contribution in [-0.4, -0.2) is 31.7 Å². The van der Waals surface area contributed by atoms with Gasteiger partial charge in [-0.15, -0.1) is 0 Å². The van der Waals surface area contributed by atoms with E-state index < -0.39 is 5.91 Å². The lowest BCUT2D eigenvalue weighted by Crippen LogP contribution is -2.34. The molecule has 2 aromatic rings. The fourth-order valence-electron chi connectivity index (χ4n) is 1.76.